The zero-order valence-electron chi connectivity index (χ0n) is 21.9. The molecule has 3 unspecified atom stereocenters. The first-order valence-corrected chi connectivity index (χ1v) is 12.7. The molecule has 2 aromatic heterocycles. The van der Waals surface area contributed by atoms with Crippen LogP contribution < -0.4 is 0 Å². The predicted molar refractivity (Wildman–Crippen MR) is 132 cm³/mol. The average molecular weight is 606 g/mol. The molecule has 2 aliphatic heterocycles. The Labute approximate surface area is 238 Å². The van der Waals surface area contributed by atoms with Crippen LogP contribution in [-0.2, 0) is 15.7 Å². The Balaban J connectivity index is 1.44. The molecule has 4 aromatic rings. The fourth-order valence-corrected chi connectivity index (χ4v) is 5.40. The first kappa shape index (κ1) is 28.8. The smallest absolute Gasteiger partial charge is 0.388 e. The summed E-state index contributed by atoms with van der Waals surface area (Å²) in [4.78, 5) is 4.23. The van der Waals surface area contributed by atoms with Crippen molar-refractivity contribution in [2.24, 2.45) is 0 Å². The number of aromatic nitrogens is 5. The summed E-state index contributed by atoms with van der Waals surface area (Å²) in [7, 11) is 0. The van der Waals surface area contributed by atoms with Crippen molar-refractivity contribution in [2.45, 2.75) is 49.7 Å². The number of ether oxygens (including phenoxy) is 2. The maximum Gasteiger partial charge on any atom is 0.418 e. The summed E-state index contributed by atoms with van der Waals surface area (Å²) in [5, 5.41) is 39.8. The quantitative estimate of drug-likeness (QED) is 0.267. The summed E-state index contributed by atoms with van der Waals surface area (Å²) in [6.07, 6.45) is -8.78. The highest BCUT2D eigenvalue weighted by Crippen LogP contribution is 2.44. The maximum atomic E-state index is 14.0. The lowest BCUT2D eigenvalue weighted by molar-refractivity contribution is -0.196. The molecule has 0 spiro atoms. The zero-order valence-corrected chi connectivity index (χ0v) is 21.9. The summed E-state index contributed by atoms with van der Waals surface area (Å²) < 4.78 is 97.0. The molecule has 0 saturated carbocycles. The van der Waals surface area contributed by atoms with Gasteiger partial charge in [0.05, 0.1) is 35.7 Å². The second kappa shape index (κ2) is 10.5. The van der Waals surface area contributed by atoms with Gasteiger partial charge in [-0.2, -0.15) is 28.6 Å². The van der Waals surface area contributed by atoms with E-state index < -0.39 is 71.4 Å². The zero-order chi connectivity index (χ0) is 30.8. The molecular formula is C27H20F6N6O4. The minimum atomic E-state index is -4.85. The van der Waals surface area contributed by atoms with E-state index in [1.165, 1.54) is 24.0 Å². The van der Waals surface area contributed by atoms with Crippen LogP contribution in [0.4, 0.5) is 26.3 Å². The van der Waals surface area contributed by atoms with Gasteiger partial charge in [0, 0.05) is 11.8 Å². The van der Waals surface area contributed by atoms with Crippen molar-refractivity contribution in [3.8, 4) is 22.9 Å². The highest BCUT2D eigenvalue weighted by molar-refractivity contribution is 5.62. The van der Waals surface area contributed by atoms with Crippen LogP contribution in [0.3, 0.4) is 0 Å². The number of aliphatic hydroxyl groups is 2. The Morgan fingerprint density at radius 3 is 2.44 bits per heavy atom. The lowest BCUT2D eigenvalue weighted by atomic mass is 9.91. The number of hydrogen-bond donors (Lipinski definition) is 2. The maximum absolute atomic E-state index is 14.0. The number of aliphatic hydroxyl groups excluding tert-OH is 2. The highest BCUT2D eigenvalue weighted by atomic mass is 19.4. The van der Waals surface area contributed by atoms with Crippen LogP contribution in [0, 0.1) is 35.7 Å². The van der Waals surface area contributed by atoms with E-state index in [1.54, 1.807) is 6.07 Å². The number of aryl methyl sites for hydroxylation is 1. The summed E-state index contributed by atoms with van der Waals surface area (Å²) in [5.41, 5.74) is -1.68. The molecule has 0 radical (unpaired) electrons. The molecule has 6 rings (SSSR count). The molecule has 4 heterocycles. The second-order valence-electron chi connectivity index (χ2n) is 10.1. The van der Waals surface area contributed by atoms with Gasteiger partial charge in [-0.1, -0.05) is 0 Å². The Hall–Kier alpha value is -4.30. The Morgan fingerprint density at radius 2 is 1.77 bits per heavy atom. The van der Waals surface area contributed by atoms with Gasteiger partial charge in [-0.25, -0.2) is 22.8 Å². The normalized spacial score (nSPS) is 25.5. The summed E-state index contributed by atoms with van der Waals surface area (Å²) >= 11 is 0. The van der Waals surface area contributed by atoms with Crippen LogP contribution in [0.2, 0.25) is 0 Å². The average Bonchev–Trinajstić information content (AvgIpc) is 3.69. The lowest BCUT2D eigenvalue weighted by Crippen LogP contribution is -2.52. The topological polar surface area (TPSA) is 131 Å². The van der Waals surface area contributed by atoms with Crippen LogP contribution in [0.25, 0.3) is 16.8 Å². The van der Waals surface area contributed by atoms with Gasteiger partial charge in [-0.3, -0.25) is 4.68 Å². The van der Waals surface area contributed by atoms with Crippen molar-refractivity contribution < 1.29 is 46.0 Å². The minimum Gasteiger partial charge on any atom is -0.388 e. The fraction of sp³-hybridized carbons (Fsp3) is 0.333. The van der Waals surface area contributed by atoms with Gasteiger partial charge in [0.2, 0.25) is 0 Å². The van der Waals surface area contributed by atoms with Crippen molar-refractivity contribution in [2.75, 3.05) is 6.61 Å². The highest BCUT2D eigenvalue weighted by Gasteiger charge is 2.54. The van der Waals surface area contributed by atoms with Crippen LogP contribution in [0.15, 0.2) is 42.7 Å². The SMILES string of the molecule is Cc1nc([C@@H]2OC3C(O)CO[C@@H]3C(n3cc(-c4cc(F)c(F)c(F)c4)cn3)[C@@H]2O)n(-c2cc(C#N)ccc2C(F)(F)F)n1. The largest absolute Gasteiger partial charge is 0.418 e. The molecule has 10 nitrogen and oxygen atoms in total. The van der Waals surface area contributed by atoms with Crippen LogP contribution in [0.1, 0.15) is 34.9 Å². The second-order valence-corrected chi connectivity index (χ2v) is 10.1. The number of halogens is 6. The number of hydrogen-bond acceptors (Lipinski definition) is 8. The molecule has 2 saturated heterocycles. The van der Waals surface area contributed by atoms with E-state index in [9.17, 15) is 41.8 Å². The molecule has 2 aromatic carbocycles. The van der Waals surface area contributed by atoms with Gasteiger partial charge in [-0.15, -0.1) is 0 Å². The molecule has 16 heteroatoms. The van der Waals surface area contributed by atoms with Gasteiger partial charge < -0.3 is 19.7 Å². The third-order valence-corrected chi connectivity index (χ3v) is 7.34. The molecular weight excluding hydrogens is 586 g/mol. The summed E-state index contributed by atoms with van der Waals surface area (Å²) in [6.45, 7) is 1.20. The number of nitriles is 1. The first-order valence-electron chi connectivity index (χ1n) is 12.7. The van der Waals surface area contributed by atoms with Crippen molar-refractivity contribution in [1.82, 2.24) is 24.5 Å². The molecule has 43 heavy (non-hydrogen) atoms. The van der Waals surface area contributed by atoms with E-state index in [0.717, 1.165) is 35.0 Å². The number of nitrogens with zero attached hydrogens (tertiary/aromatic N) is 6. The molecule has 224 valence electrons. The van der Waals surface area contributed by atoms with Gasteiger partial charge in [0.25, 0.3) is 0 Å². The van der Waals surface area contributed by atoms with Gasteiger partial charge in [0.15, 0.2) is 23.3 Å². The molecule has 2 N–H and O–H groups in total. The third-order valence-electron chi connectivity index (χ3n) is 7.34. The van der Waals surface area contributed by atoms with E-state index in [1.807, 2.05) is 0 Å². The monoisotopic (exact) mass is 606 g/mol. The fourth-order valence-electron chi connectivity index (χ4n) is 5.40. The van der Waals surface area contributed by atoms with Crippen molar-refractivity contribution in [1.29, 1.82) is 5.26 Å². The Kier molecular flexibility index (Phi) is 7.00. The lowest BCUT2D eigenvalue weighted by Gasteiger charge is -2.41. The molecule has 0 amide bonds. The molecule has 2 aliphatic rings. The Morgan fingerprint density at radius 1 is 1.05 bits per heavy atom. The van der Waals surface area contributed by atoms with Gasteiger partial charge in [-0.05, 0) is 42.8 Å². The molecule has 2 fully saturated rings. The predicted octanol–water partition coefficient (Wildman–Crippen LogP) is 3.55. The number of rotatable bonds is 4. The molecule has 0 aliphatic carbocycles. The number of fused-ring (bicyclic) bond motifs is 1. The van der Waals surface area contributed by atoms with Crippen LogP contribution in [-0.4, -0.2) is 65.8 Å². The van der Waals surface area contributed by atoms with Crippen molar-refractivity contribution >= 4 is 0 Å². The molecule has 0 bridgehead atoms. The first-order chi connectivity index (χ1) is 20.4. The van der Waals surface area contributed by atoms with E-state index in [-0.39, 0.29) is 34.9 Å². The molecule has 6 atom stereocenters. The van der Waals surface area contributed by atoms with Crippen LogP contribution in [0.5, 0.6) is 0 Å². The standard InChI is InChI=1S/C27H20F6N6O4/c1-11-36-26(39(37-11)18-4-12(7-34)2-3-15(18)27(31,32)33)25-22(41)21(24-23(43-25)19(40)10-42-24)38-9-14(8-35-38)13-5-16(28)20(30)17(29)6-13/h2-6,8-9,19,21-25,40-41H,10H2,1H3/t19?,21?,22-,23?,24+,25+/m0/s1. The van der Waals surface area contributed by atoms with Gasteiger partial charge in [0.1, 0.15) is 42.4 Å². The summed E-state index contributed by atoms with van der Waals surface area (Å²) in [5.74, 6) is -4.74. The minimum absolute atomic E-state index is 0.0184. The van der Waals surface area contributed by atoms with Crippen molar-refractivity contribution in [3.63, 3.8) is 0 Å². The Bertz CT molecular complexity index is 1730. The van der Waals surface area contributed by atoms with Gasteiger partial charge >= 0.3 is 6.18 Å². The third kappa shape index (κ3) is 4.93. The van der Waals surface area contributed by atoms with E-state index in [0.29, 0.717) is 0 Å². The van der Waals surface area contributed by atoms with E-state index in [4.69, 9.17) is 9.47 Å². The van der Waals surface area contributed by atoms with Crippen molar-refractivity contribution in [3.05, 3.63) is 83.0 Å². The summed E-state index contributed by atoms with van der Waals surface area (Å²) in [6, 6.07) is 4.87. The number of benzene rings is 2. The number of alkyl halides is 3. The van der Waals surface area contributed by atoms with Crippen LogP contribution >= 0.6 is 0 Å². The van der Waals surface area contributed by atoms with E-state index in [2.05, 4.69) is 15.2 Å². The van der Waals surface area contributed by atoms with E-state index >= 15 is 0 Å².